The van der Waals surface area contributed by atoms with Crippen LogP contribution in [0.1, 0.15) is 19.3 Å². The van der Waals surface area contributed by atoms with Gasteiger partial charge < -0.3 is 0 Å². The molecule has 16 heavy (non-hydrogen) atoms. The number of carbonyl (C=O) groups excluding carboxylic acids is 1. The number of halogens is 2. The van der Waals surface area contributed by atoms with E-state index in [2.05, 4.69) is 0 Å². The Labute approximate surface area is 100 Å². The van der Waals surface area contributed by atoms with Crippen molar-refractivity contribution in [2.45, 2.75) is 29.4 Å². The average molecular weight is 261 g/mol. The molecule has 0 bridgehead atoms. The van der Waals surface area contributed by atoms with Crippen molar-refractivity contribution in [1.29, 1.82) is 0 Å². The Hall–Kier alpha value is -0.740. The average Bonchev–Trinajstić information content (AvgIpc) is 2.67. The highest BCUT2D eigenvalue weighted by atomic mass is 35.5. The van der Waals surface area contributed by atoms with Crippen molar-refractivity contribution in [2.75, 3.05) is 0 Å². The molecule has 1 saturated carbocycles. The molecule has 86 valence electrons. The molecule has 2 unspecified atom stereocenters. The van der Waals surface area contributed by atoms with Crippen molar-refractivity contribution in [3.05, 3.63) is 29.0 Å². The molecule has 0 spiro atoms. The molecule has 5 heteroatoms. The fraction of sp³-hybridized carbons (Fsp3) is 0.364. The van der Waals surface area contributed by atoms with Crippen molar-refractivity contribution in [3.63, 3.8) is 0 Å². The molecule has 0 amide bonds. The summed E-state index contributed by atoms with van der Waals surface area (Å²) in [6.45, 7) is 0. The highest BCUT2D eigenvalue weighted by Crippen LogP contribution is 2.26. The summed E-state index contributed by atoms with van der Waals surface area (Å²) < 4.78 is 24.9. The molecule has 0 saturated heterocycles. The minimum atomic E-state index is -1.41. The first kappa shape index (κ1) is 11.7. The Kier molecular flexibility index (Phi) is 3.40. The van der Waals surface area contributed by atoms with Crippen LogP contribution in [0.4, 0.5) is 4.39 Å². The van der Waals surface area contributed by atoms with Crippen LogP contribution >= 0.6 is 11.6 Å². The summed E-state index contributed by atoms with van der Waals surface area (Å²) in [5.41, 5.74) is 0. The van der Waals surface area contributed by atoms with Crippen LogP contribution in [-0.2, 0) is 15.6 Å². The lowest BCUT2D eigenvalue weighted by molar-refractivity contribution is -0.117. The van der Waals surface area contributed by atoms with Crippen LogP contribution in [0.25, 0.3) is 0 Å². The van der Waals surface area contributed by atoms with Crippen molar-refractivity contribution < 1.29 is 13.4 Å². The van der Waals surface area contributed by atoms with E-state index in [-0.39, 0.29) is 10.8 Å². The van der Waals surface area contributed by atoms with Crippen LogP contribution in [0.5, 0.6) is 0 Å². The molecule has 1 aromatic rings. The Morgan fingerprint density at radius 3 is 2.75 bits per heavy atom. The van der Waals surface area contributed by atoms with Gasteiger partial charge in [-0.15, -0.1) is 0 Å². The first-order chi connectivity index (χ1) is 7.59. The van der Waals surface area contributed by atoms with Gasteiger partial charge >= 0.3 is 0 Å². The predicted molar refractivity (Wildman–Crippen MR) is 60.5 cm³/mol. The maximum Gasteiger partial charge on any atom is 0.148 e. The van der Waals surface area contributed by atoms with Gasteiger partial charge in [0, 0.05) is 11.3 Å². The van der Waals surface area contributed by atoms with Gasteiger partial charge in [0.15, 0.2) is 0 Å². The largest absolute Gasteiger partial charge is 0.298 e. The molecular formula is C11H10ClFO2S. The van der Waals surface area contributed by atoms with Crippen LogP contribution in [0.3, 0.4) is 0 Å². The summed E-state index contributed by atoms with van der Waals surface area (Å²) in [4.78, 5) is 11.9. The first-order valence-electron chi connectivity index (χ1n) is 4.98. The number of hydrogen-bond acceptors (Lipinski definition) is 2. The molecular weight excluding hydrogens is 251 g/mol. The van der Waals surface area contributed by atoms with E-state index >= 15 is 0 Å². The lowest BCUT2D eigenvalue weighted by atomic mass is 10.3. The van der Waals surface area contributed by atoms with E-state index in [1.807, 2.05) is 0 Å². The zero-order valence-electron chi connectivity index (χ0n) is 8.41. The van der Waals surface area contributed by atoms with Gasteiger partial charge in [0.1, 0.15) is 11.6 Å². The third-order valence-electron chi connectivity index (χ3n) is 2.63. The van der Waals surface area contributed by atoms with Gasteiger partial charge in [-0.25, -0.2) is 4.39 Å². The number of benzene rings is 1. The summed E-state index contributed by atoms with van der Waals surface area (Å²) in [7, 11) is -1.41. The fourth-order valence-corrected chi connectivity index (χ4v) is 3.52. The topological polar surface area (TPSA) is 34.1 Å². The smallest absolute Gasteiger partial charge is 0.148 e. The second-order valence-electron chi connectivity index (χ2n) is 3.72. The van der Waals surface area contributed by atoms with Gasteiger partial charge in [-0.05, 0) is 31.0 Å². The number of carbonyl (C=O) groups is 1. The van der Waals surface area contributed by atoms with Crippen LogP contribution in [0.15, 0.2) is 23.1 Å². The Balaban J connectivity index is 2.27. The van der Waals surface area contributed by atoms with E-state index in [4.69, 9.17) is 11.6 Å². The van der Waals surface area contributed by atoms with Crippen LogP contribution < -0.4 is 0 Å². The van der Waals surface area contributed by atoms with E-state index < -0.39 is 21.9 Å². The summed E-state index contributed by atoms with van der Waals surface area (Å²) in [6.07, 6.45) is 1.91. The van der Waals surface area contributed by atoms with Crippen molar-refractivity contribution in [1.82, 2.24) is 0 Å². The summed E-state index contributed by atoms with van der Waals surface area (Å²) >= 11 is 5.61. The molecule has 1 aliphatic carbocycles. The van der Waals surface area contributed by atoms with Gasteiger partial charge in [-0.3, -0.25) is 9.00 Å². The molecule has 1 fully saturated rings. The van der Waals surface area contributed by atoms with E-state index in [0.717, 1.165) is 6.42 Å². The van der Waals surface area contributed by atoms with Gasteiger partial charge in [0.25, 0.3) is 0 Å². The Bertz CT molecular complexity index is 461. The van der Waals surface area contributed by atoms with Crippen molar-refractivity contribution in [2.24, 2.45) is 0 Å². The third kappa shape index (κ3) is 2.18. The summed E-state index contributed by atoms with van der Waals surface area (Å²) in [5, 5.41) is -0.502. The maximum absolute atomic E-state index is 12.9. The van der Waals surface area contributed by atoms with Crippen LogP contribution in [0.2, 0.25) is 5.02 Å². The number of hydrogen-bond donors (Lipinski definition) is 0. The third-order valence-corrected chi connectivity index (χ3v) is 4.65. The molecule has 2 atom stereocenters. The summed E-state index contributed by atoms with van der Waals surface area (Å²) in [5.74, 6) is -0.515. The second-order valence-corrected chi connectivity index (χ2v) is 5.76. The van der Waals surface area contributed by atoms with E-state index in [9.17, 15) is 13.4 Å². The molecule has 2 nitrogen and oxygen atoms in total. The van der Waals surface area contributed by atoms with E-state index in [1.54, 1.807) is 0 Å². The second kappa shape index (κ2) is 4.63. The minimum Gasteiger partial charge on any atom is -0.298 e. The fourth-order valence-electron chi connectivity index (χ4n) is 1.78. The van der Waals surface area contributed by atoms with Crippen molar-refractivity contribution in [3.8, 4) is 0 Å². The number of ketones is 1. The molecule has 0 heterocycles. The van der Waals surface area contributed by atoms with Gasteiger partial charge in [0.05, 0.1) is 21.1 Å². The maximum atomic E-state index is 12.9. The zero-order valence-corrected chi connectivity index (χ0v) is 9.98. The van der Waals surface area contributed by atoms with Crippen molar-refractivity contribution >= 4 is 28.2 Å². The SMILES string of the molecule is O=C1CCCC1S(=O)c1ccc(F)c(Cl)c1. The molecule has 0 radical (unpaired) electrons. The number of Topliss-reactive ketones (excluding diaryl/α,β-unsaturated/α-hetero) is 1. The van der Waals surface area contributed by atoms with E-state index in [1.165, 1.54) is 18.2 Å². The van der Waals surface area contributed by atoms with Gasteiger partial charge in [-0.1, -0.05) is 11.6 Å². The highest BCUT2D eigenvalue weighted by Gasteiger charge is 2.30. The monoisotopic (exact) mass is 260 g/mol. The molecule has 0 aliphatic heterocycles. The standard InChI is InChI=1S/C11H10ClFO2S/c12-8-6-7(4-5-9(8)13)16(15)11-3-1-2-10(11)14/h4-6,11H,1-3H2. The molecule has 1 aromatic carbocycles. The minimum absolute atomic E-state index is 0.0266. The molecule has 0 aromatic heterocycles. The van der Waals surface area contributed by atoms with Crippen LogP contribution in [0, 0.1) is 5.82 Å². The Morgan fingerprint density at radius 2 is 2.19 bits per heavy atom. The summed E-state index contributed by atoms with van der Waals surface area (Å²) in [6, 6.07) is 3.93. The number of rotatable bonds is 2. The highest BCUT2D eigenvalue weighted by molar-refractivity contribution is 7.86. The lowest BCUT2D eigenvalue weighted by Crippen LogP contribution is -2.19. The predicted octanol–water partition coefficient (Wildman–Crippen LogP) is 2.71. The Morgan fingerprint density at radius 1 is 1.44 bits per heavy atom. The quantitative estimate of drug-likeness (QED) is 0.819. The van der Waals surface area contributed by atoms with E-state index in [0.29, 0.717) is 17.7 Å². The molecule has 1 aliphatic rings. The lowest BCUT2D eigenvalue weighted by Gasteiger charge is -2.08. The normalized spacial score (nSPS) is 22.4. The van der Waals surface area contributed by atoms with Crippen LogP contribution in [-0.4, -0.2) is 15.2 Å². The molecule has 2 rings (SSSR count). The molecule has 0 N–H and O–H groups in total. The zero-order chi connectivity index (χ0) is 11.7. The van der Waals surface area contributed by atoms with Gasteiger partial charge in [-0.2, -0.15) is 0 Å². The van der Waals surface area contributed by atoms with Gasteiger partial charge in [0.2, 0.25) is 0 Å². The first-order valence-corrected chi connectivity index (χ1v) is 6.57.